The van der Waals surface area contributed by atoms with E-state index < -0.39 is 0 Å². The zero-order valence-electron chi connectivity index (χ0n) is 17.1. The van der Waals surface area contributed by atoms with Crippen molar-refractivity contribution in [1.82, 2.24) is 25.6 Å². The van der Waals surface area contributed by atoms with E-state index in [4.69, 9.17) is 11.6 Å². The molecule has 0 saturated heterocycles. The predicted octanol–water partition coefficient (Wildman–Crippen LogP) is 3.69. The normalized spacial score (nSPS) is 11.7. The van der Waals surface area contributed by atoms with E-state index in [-0.39, 0.29) is 30.1 Å². The monoisotopic (exact) mass is 425 g/mol. The van der Waals surface area contributed by atoms with Crippen LogP contribution in [-0.4, -0.2) is 32.9 Å². The molecule has 2 amide bonds. The molecule has 156 valence electrons. The van der Waals surface area contributed by atoms with Gasteiger partial charge in [0.05, 0.1) is 11.4 Å². The molecule has 8 heteroatoms. The molecule has 1 aromatic heterocycles. The minimum absolute atomic E-state index is 0.103. The Balaban J connectivity index is 1.68. The highest BCUT2D eigenvalue weighted by atomic mass is 35.5. The maximum atomic E-state index is 12.6. The molecule has 0 radical (unpaired) electrons. The standard InChI is InChI=1S/C22H24ClN5O2/c1-4-14(2)25-21(29)17-8-5-7-16(11-17)13-24-22(30)20-15(3)26-28(27-20)19-10-6-9-18(23)12-19/h5-12,14H,4,13H2,1-3H3,(H,24,30)(H,25,29). The van der Waals surface area contributed by atoms with Crippen LogP contribution in [0, 0.1) is 6.92 Å². The Morgan fingerprint density at radius 1 is 1.10 bits per heavy atom. The number of carbonyl (C=O) groups is 2. The lowest BCUT2D eigenvalue weighted by Crippen LogP contribution is -2.32. The van der Waals surface area contributed by atoms with E-state index in [1.807, 2.05) is 26.0 Å². The van der Waals surface area contributed by atoms with Crippen molar-refractivity contribution < 1.29 is 9.59 Å². The lowest BCUT2D eigenvalue weighted by molar-refractivity contribution is 0.0935. The largest absolute Gasteiger partial charge is 0.350 e. The second-order valence-electron chi connectivity index (χ2n) is 7.07. The van der Waals surface area contributed by atoms with Crippen LogP contribution in [0.4, 0.5) is 0 Å². The number of carbonyl (C=O) groups excluding carboxylic acids is 2. The number of hydrogen-bond donors (Lipinski definition) is 2. The van der Waals surface area contributed by atoms with Gasteiger partial charge in [0, 0.05) is 23.2 Å². The minimum atomic E-state index is -0.338. The molecular weight excluding hydrogens is 402 g/mol. The van der Waals surface area contributed by atoms with Crippen LogP contribution in [0.1, 0.15) is 52.4 Å². The van der Waals surface area contributed by atoms with Gasteiger partial charge in [-0.2, -0.15) is 9.90 Å². The smallest absolute Gasteiger partial charge is 0.274 e. The van der Waals surface area contributed by atoms with Gasteiger partial charge >= 0.3 is 0 Å². The van der Waals surface area contributed by atoms with Crippen molar-refractivity contribution in [3.63, 3.8) is 0 Å². The van der Waals surface area contributed by atoms with Crippen LogP contribution < -0.4 is 10.6 Å². The molecule has 1 atom stereocenters. The van der Waals surface area contributed by atoms with E-state index in [1.165, 1.54) is 4.80 Å². The van der Waals surface area contributed by atoms with E-state index in [9.17, 15) is 9.59 Å². The maximum Gasteiger partial charge on any atom is 0.274 e. The first-order chi connectivity index (χ1) is 14.4. The quantitative estimate of drug-likeness (QED) is 0.604. The van der Waals surface area contributed by atoms with E-state index in [0.717, 1.165) is 12.0 Å². The molecule has 1 unspecified atom stereocenters. The topological polar surface area (TPSA) is 88.9 Å². The number of hydrogen-bond acceptors (Lipinski definition) is 4. The molecule has 1 heterocycles. The number of rotatable bonds is 7. The van der Waals surface area contributed by atoms with Gasteiger partial charge in [-0.3, -0.25) is 9.59 Å². The summed E-state index contributed by atoms with van der Waals surface area (Å²) in [5.41, 5.74) is 2.80. The van der Waals surface area contributed by atoms with Gasteiger partial charge in [-0.05, 0) is 56.2 Å². The third kappa shape index (κ3) is 5.24. The third-order valence-electron chi connectivity index (χ3n) is 4.67. The fourth-order valence-electron chi connectivity index (χ4n) is 2.80. The van der Waals surface area contributed by atoms with Gasteiger partial charge in [0.2, 0.25) is 0 Å². The summed E-state index contributed by atoms with van der Waals surface area (Å²) in [5.74, 6) is -0.465. The maximum absolute atomic E-state index is 12.6. The molecule has 0 bridgehead atoms. The van der Waals surface area contributed by atoms with Crippen LogP contribution in [0.3, 0.4) is 0 Å². The summed E-state index contributed by atoms with van der Waals surface area (Å²) in [4.78, 5) is 26.3. The average molecular weight is 426 g/mol. The molecule has 3 rings (SSSR count). The van der Waals surface area contributed by atoms with Gasteiger partial charge in [-0.25, -0.2) is 0 Å². The molecule has 30 heavy (non-hydrogen) atoms. The predicted molar refractivity (Wildman–Crippen MR) is 116 cm³/mol. The van der Waals surface area contributed by atoms with Gasteiger partial charge < -0.3 is 10.6 Å². The molecular formula is C22H24ClN5O2. The molecule has 2 N–H and O–H groups in total. The molecule has 0 aliphatic carbocycles. The summed E-state index contributed by atoms with van der Waals surface area (Å²) in [7, 11) is 0. The minimum Gasteiger partial charge on any atom is -0.350 e. The van der Waals surface area contributed by atoms with Crippen molar-refractivity contribution in [2.45, 2.75) is 39.8 Å². The van der Waals surface area contributed by atoms with Gasteiger partial charge in [-0.15, -0.1) is 5.10 Å². The summed E-state index contributed by atoms with van der Waals surface area (Å²) in [6.45, 7) is 5.97. The Morgan fingerprint density at radius 3 is 2.60 bits per heavy atom. The number of aryl methyl sites for hydroxylation is 1. The second-order valence-corrected chi connectivity index (χ2v) is 7.51. The van der Waals surface area contributed by atoms with Crippen LogP contribution in [0.2, 0.25) is 5.02 Å². The van der Waals surface area contributed by atoms with E-state index in [0.29, 0.717) is 22.0 Å². The van der Waals surface area contributed by atoms with E-state index in [1.54, 1.807) is 43.3 Å². The van der Waals surface area contributed by atoms with Crippen LogP contribution in [0.5, 0.6) is 0 Å². The first-order valence-electron chi connectivity index (χ1n) is 9.75. The zero-order valence-corrected chi connectivity index (χ0v) is 17.9. The highest BCUT2D eigenvalue weighted by Crippen LogP contribution is 2.14. The van der Waals surface area contributed by atoms with Gasteiger partial charge in [0.15, 0.2) is 5.69 Å². The Morgan fingerprint density at radius 2 is 1.87 bits per heavy atom. The van der Waals surface area contributed by atoms with Crippen LogP contribution in [0.25, 0.3) is 5.69 Å². The zero-order chi connectivity index (χ0) is 21.7. The van der Waals surface area contributed by atoms with Crippen molar-refractivity contribution >= 4 is 23.4 Å². The number of nitrogens with zero attached hydrogens (tertiary/aromatic N) is 3. The molecule has 0 aliphatic heterocycles. The molecule has 0 fully saturated rings. The fourth-order valence-corrected chi connectivity index (χ4v) is 2.99. The summed E-state index contributed by atoms with van der Waals surface area (Å²) in [5, 5.41) is 14.9. The number of nitrogens with one attached hydrogen (secondary N) is 2. The van der Waals surface area contributed by atoms with Crippen molar-refractivity contribution in [3.8, 4) is 5.69 Å². The van der Waals surface area contributed by atoms with Gasteiger partial charge in [-0.1, -0.05) is 36.7 Å². The number of halogens is 1. The molecule has 0 saturated carbocycles. The van der Waals surface area contributed by atoms with Gasteiger partial charge in [0.1, 0.15) is 0 Å². The van der Waals surface area contributed by atoms with Crippen molar-refractivity contribution in [3.05, 3.63) is 76.1 Å². The Bertz CT molecular complexity index is 1060. The molecule has 3 aromatic rings. The molecule has 0 aliphatic rings. The van der Waals surface area contributed by atoms with E-state index in [2.05, 4.69) is 20.8 Å². The first kappa shape index (κ1) is 21.5. The number of aromatic nitrogens is 3. The molecule has 2 aromatic carbocycles. The van der Waals surface area contributed by atoms with Crippen molar-refractivity contribution in [1.29, 1.82) is 0 Å². The third-order valence-corrected chi connectivity index (χ3v) is 4.90. The SMILES string of the molecule is CCC(C)NC(=O)c1cccc(CNC(=O)c2nn(-c3cccc(Cl)c3)nc2C)c1. The summed E-state index contributed by atoms with van der Waals surface area (Å²) in [6.07, 6.45) is 0.858. The van der Waals surface area contributed by atoms with Gasteiger partial charge in [0.25, 0.3) is 11.8 Å². The lowest BCUT2D eigenvalue weighted by Gasteiger charge is -2.12. The average Bonchev–Trinajstić information content (AvgIpc) is 3.14. The number of amides is 2. The number of benzene rings is 2. The lowest BCUT2D eigenvalue weighted by atomic mass is 10.1. The summed E-state index contributed by atoms with van der Waals surface area (Å²) < 4.78 is 0. The highest BCUT2D eigenvalue weighted by molar-refractivity contribution is 6.30. The Hall–Kier alpha value is -3.19. The second kappa shape index (κ2) is 9.54. The van der Waals surface area contributed by atoms with Crippen molar-refractivity contribution in [2.75, 3.05) is 0 Å². The summed E-state index contributed by atoms with van der Waals surface area (Å²) in [6, 6.07) is 14.4. The van der Waals surface area contributed by atoms with Crippen molar-refractivity contribution in [2.24, 2.45) is 0 Å². The first-order valence-corrected chi connectivity index (χ1v) is 10.1. The summed E-state index contributed by atoms with van der Waals surface area (Å²) >= 11 is 6.02. The molecule has 7 nitrogen and oxygen atoms in total. The highest BCUT2D eigenvalue weighted by Gasteiger charge is 2.17. The Labute approximate surface area is 180 Å². The fraction of sp³-hybridized carbons (Fsp3) is 0.273. The van der Waals surface area contributed by atoms with Crippen LogP contribution >= 0.6 is 11.6 Å². The van der Waals surface area contributed by atoms with Crippen LogP contribution in [0.15, 0.2) is 48.5 Å². The van der Waals surface area contributed by atoms with Crippen LogP contribution in [-0.2, 0) is 6.54 Å². The van der Waals surface area contributed by atoms with E-state index >= 15 is 0 Å². The molecule has 0 spiro atoms. The Kier molecular flexibility index (Phi) is 6.84.